The summed E-state index contributed by atoms with van der Waals surface area (Å²) in [6.45, 7) is 2.64. The van der Waals surface area contributed by atoms with Gasteiger partial charge < -0.3 is 19.5 Å². The zero-order valence-electron chi connectivity index (χ0n) is 20.0. The number of aromatic nitrogens is 1. The fourth-order valence-corrected chi connectivity index (χ4v) is 4.02. The highest BCUT2D eigenvalue weighted by Gasteiger charge is 2.14. The summed E-state index contributed by atoms with van der Waals surface area (Å²) in [5.74, 6) is -1.08. The molecule has 0 N–H and O–H groups in total. The Hall–Kier alpha value is -4.04. The van der Waals surface area contributed by atoms with E-state index < -0.39 is 5.97 Å². The molecule has 0 fully saturated rings. The van der Waals surface area contributed by atoms with Crippen molar-refractivity contribution in [2.45, 2.75) is 20.0 Å². The lowest BCUT2D eigenvalue weighted by Gasteiger charge is -2.25. The van der Waals surface area contributed by atoms with Crippen molar-refractivity contribution < 1.29 is 19.2 Å². The van der Waals surface area contributed by atoms with E-state index in [4.69, 9.17) is 14.6 Å². The molecule has 3 aromatic carbocycles. The summed E-state index contributed by atoms with van der Waals surface area (Å²) in [4.78, 5) is 11.3. The molecular weight excluding hydrogens is 460 g/mol. The van der Waals surface area contributed by atoms with Crippen LogP contribution in [0.5, 0.6) is 5.06 Å². The standard InChI is InChI=1S/C25H25N4OS.C2H4O2/c1-28-19-24(30-2)31-25(28)27-26-22-13-15-23(16-14-22)29(17-20-9-5-3-6-10-20)18-21-11-7-4-8-12-21;1-2(3)4/h3-16,19H,17-18H2,1-2H3;1H3,(H,3,4)/q+1;/p-1. The number of azo groups is 1. The number of ether oxygens (including phenoxy) is 1. The van der Waals surface area contributed by atoms with Crippen molar-refractivity contribution in [3.05, 3.63) is 102 Å². The lowest BCUT2D eigenvalue weighted by molar-refractivity contribution is -0.654. The van der Waals surface area contributed by atoms with Crippen LogP contribution < -0.4 is 19.3 Å². The summed E-state index contributed by atoms with van der Waals surface area (Å²) in [6.07, 6.45) is 1.90. The fourth-order valence-electron chi connectivity index (χ4n) is 3.26. The van der Waals surface area contributed by atoms with Crippen LogP contribution >= 0.6 is 11.3 Å². The van der Waals surface area contributed by atoms with Gasteiger partial charge in [0.1, 0.15) is 11.9 Å². The van der Waals surface area contributed by atoms with Gasteiger partial charge in [0.05, 0.1) is 19.3 Å². The molecule has 0 unspecified atom stereocenters. The maximum Gasteiger partial charge on any atom is 0.411 e. The van der Waals surface area contributed by atoms with Crippen LogP contribution in [0.25, 0.3) is 0 Å². The molecule has 0 saturated carbocycles. The zero-order valence-corrected chi connectivity index (χ0v) is 20.8. The minimum Gasteiger partial charge on any atom is -0.550 e. The van der Waals surface area contributed by atoms with E-state index in [0.717, 1.165) is 41.6 Å². The van der Waals surface area contributed by atoms with Gasteiger partial charge in [0.25, 0.3) is 0 Å². The van der Waals surface area contributed by atoms with Gasteiger partial charge in [0, 0.05) is 24.7 Å². The van der Waals surface area contributed by atoms with Crippen molar-refractivity contribution in [3.63, 3.8) is 0 Å². The van der Waals surface area contributed by atoms with Gasteiger partial charge >= 0.3 is 5.13 Å². The summed E-state index contributed by atoms with van der Waals surface area (Å²) >= 11 is 1.46. The van der Waals surface area contributed by atoms with Gasteiger partial charge in [-0.15, -0.1) is 0 Å². The molecule has 4 aromatic rings. The largest absolute Gasteiger partial charge is 0.550 e. The normalized spacial score (nSPS) is 10.5. The molecular formula is C27H28N4O3S. The second kappa shape index (κ2) is 13.0. The first-order valence-electron chi connectivity index (χ1n) is 11.0. The van der Waals surface area contributed by atoms with E-state index in [0.29, 0.717) is 0 Å². The van der Waals surface area contributed by atoms with E-state index in [1.165, 1.54) is 22.5 Å². The van der Waals surface area contributed by atoms with Gasteiger partial charge in [0.15, 0.2) is 0 Å². The Kier molecular flexibility index (Phi) is 9.50. The average Bonchev–Trinajstić information content (AvgIpc) is 3.23. The fraction of sp³-hybridized carbons (Fsp3) is 0.185. The molecule has 4 rings (SSSR count). The highest BCUT2D eigenvalue weighted by molar-refractivity contribution is 7.16. The van der Waals surface area contributed by atoms with Gasteiger partial charge in [0.2, 0.25) is 5.06 Å². The summed E-state index contributed by atoms with van der Waals surface area (Å²) in [5.41, 5.74) is 4.52. The van der Waals surface area contributed by atoms with Crippen molar-refractivity contribution in [3.8, 4) is 5.06 Å². The number of hydrogen-bond donors (Lipinski definition) is 0. The summed E-state index contributed by atoms with van der Waals surface area (Å²) in [7, 11) is 3.59. The van der Waals surface area contributed by atoms with Crippen LogP contribution in [0.15, 0.2) is 101 Å². The molecule has 0 aliphatic rings. The van der Waals surface area contributed by atoms with Crippen LogP contribution in [-0.4, -0.2) is 13.1 Å². The number of anilines is 1. The third-order valence-electron chi connectivity index (χ3n) is 4.89. The van der Waals surface area contributed by atoms with Crippen LogP contribution in [0.2, 0.25) is 0 Å². The maximum absolute atomic E-state index is 8.89. The van der Waals surface area contributed by atoms with Crippen molar-refractivity contribution in [1.29, 1.82) is 0 Å². The van der Waals surface area contributed by atoms with E-state index in [1.54, 1.807) is 7.11 Å². The predicted octanol–water partition coefficient (Wildman–Crippen LogP) is 4.96. The third kappa shape index (κ3) is 8.35. The van der Waals surface area contributed by atoms with E-state index in [1.807, 2.05) is 42.1 Å². The molecule has 0 aliphatic heterocycles. The molecule has 0 spiro atoms. The molecule has 0 aliphatic carbocycles. The van der Waals surface area contributed by atoms with E-state index in [9.17, 15) is 0 Å². The number of carbonyl (C=O) groups excluding carboxylic acids is 1. The van der Waals surface area contributed by atoms with E-state index in [-0.39, 0.29) is 0 Å². The van der Waals surface area contributed by atoms with Crippen molar-refractivity contribution in [1.82, 2.24) is 0 Å². The highest BCUT2D eigenvalue weighted by Crippen LogP contribution is 2.28. The zero-order chi connectivity index (χ0) is 25.0. The molecule has 180 valence electrons. The van der Waals surface area contributed by atoms with Gasteiger partial charge in [-0.05, 0) is 58.8 Å². The molecule has 0 atom stereocenters. The number of thiazole rings is 1. The van der Waals surface area contributed by atoms with Crippen LogP contribution in [0.1, 0.15) is 18.1 Å². The molecule has 0 saturated heterocycles. The Morgan fingerprint density at radius 1 is 0.914 bits per heavy atom. The lowest BCUT2D eigenvalue weighted by atomic mass is 10.1. The first kappa shape index (κ1) is 25.6. The number of carbonyl (C=O) groups is 1. The van der Waals surface area contributed by atoms with E-state index in [2.05, 4.69) is 75.8 Å². The highest BCUT2D eigenvalue weighted by atomic mass is 32.1. The molecule has 7 nitrogen and oxygen atoms in total. The number of benzene rings is 3. The van der Waals surface area contributed by atoms with Crippen molar-refractivity contribution >= 4 is 33.8 Å². The van der Waals surface area contributed by atoms with Crippen LogP contribution in [0, 0.1) is 0 Å². The van der Waals surface area contributed by atoms with Crippen molar-refractivity contribution in [2.24, 2.45) is 17.3 Å². The van der Waals surface area contributed by atoms with Crippen LogP contribution in [0.4, 0.5) is 16.5 Å². The second-order valence-corrected chi connectivity index (χ2v) is 8.65. The summed E-state index contributed by atoms with van der Waals surface area (Å²) in [5, 5.41) is 19.2. The SMILES string of the molecule is CC(=O)[O-].COc1c[n+](C)c(N=Nc2ccc(N(Cc3ccccc3)Cc3ccccc3)cc2)s1. The minimum atomic E-state index is -1.08. The van der Waals surface area contributed by atoms with Gasteiger partial charge in [-0.1, -0.05) is 60.7 Å². The molecule has 1 aromatic heterocycles. The molecule has 0 bridgehead atoms. The van der Waals surface area contributed by atoms with Crippen LogP contribution in [0.3, 0.4) is 0 Å². The van der Waals surface area contributed by atoms with Crippen molar-refractivity contribution in [2.75, 3.05) is 12.0 Å². The maximum atomic E-state index is 8.89. The van der Waals surface area contributed by atoms with Crippen LogP contribution in [-0.2, 0) is 24.9 Å². The average molecular weight is 489 g/mol. The topological polar surface area (TPSA) is 81.2 Å². The first-order chi connectivity index (χ1) is 16.9. The quantitative estimate of drug-likeness (QED) is 0.259. The molecule has 0 amide bonds. The summed E-state index contributed by atoms with van der Waals surface area (Å²) in [6, 6.07) is 29.3. The lowest BCUT2D eigenvalue weighted by Crippen LogP contribution is -2.23. The number of aliphatic carboxylic acids is 1. The number of carboxylic acid groups (broad SMARTS) is 1. The second-order valence-electron chi connectivity index (χ2n) is 7.68. The number of nitrogens with zero attached hydrogens (tertiary/aromatic N) is 4. The third-order valence-corrected chi connectivity index (χ3v) is 5.92. The Morgan fingerprint density at radius 3 is 1.89 bits per heavy atom. The number of rotatable bonds is 8. The van der Waals surface area contributed by atoms with E-state index >= 15 is 0 Å². The Balaban J connectivity index is 0.000000795. The Bertz CT molecular complexity index is 1180. The first-order valence-corrected chi connectivity index (χ1v) is 11.8. The Morgan fingerprint density at radius 2 is 1.43 bits per heavy atom. The monoisotopic (exact) mass is 488 g/mol. The van der Waals surface area contributed by atoms with Gasteiger partial charge in [-0.25, -0.2) is 4.57 Å². The summed E-state index contributed by atoms with van der Waals surface area (Å²) < 4.78 is 7.16. The molecule has 35 heavy (non-hydrogen) atoms. The predicted molar refractivity (Wildman–Crippen MR) is 136 cm³/mol. The molecule has 8 heteroatoms. The molecule has 0 radical (unpaired) electrons. The number of carboxylic acids is 1. The Labute approximate surface area is 209 Å². The smallest absolute Gasteiger partial charge is 0.411 e. The van der Waals surface area contributed by atoms with Gasteiger partial charge in [-0.2, -0.15) is 0 Å². The number of hydrogen-bond acceptors (Lipinski definition) is 7. The minimum absolute atomic E-state index is 0.788. The number of aryl methyl sites for hydroxylation is 1. The number of methoxy groups -OCH3 is 1. The molecule has 1 heterocycles. The van der Waals surface area contributed by atoms with Gasteiger partial charge in [-0.3, -0.25) is 0 Å².